The predicted molar refractivity (Wildman–Crippen MR) is 135 cm³/mol. The molecule has 3 aliphatic rings. The van der Waals surface area contributed by atoms with Gasteiger partial charge in [-0.2, -0.15) is 0 Å². The van der Waals surface area contributed by atoms with Gasteiger partial charge in [0.25, 0.3) is 0 Å². The Hall–Kier alpha value is -3.28. The Balaban J connectivity index is 1.15. The highest BCUT2D eigenvalue weighted by Crippen LogP contribution is 2.44. The van der Waals surface area contributed by atoms with E-state index in [1.165, 1.54) is 18.4 Å². The van der Waals surface area contributed by atoms with E-state index in [1.54, 1.807) is 6.08 Å². The third kappa shape index (κ3) is 5.37. The maximum absolute atomic E-state index is 13.1. The smallest absolute Gasteiger partial charge is 0.246 e. The average Bonchev–Trinajstić information content (AvgIpc) is 3.41. The number of carbonyl (C=O) groups is 2. The Bertz CT molecular complexity index is 1070. The van der Waals surface area contributed by atoms with Crippen LogP contribution >= 0.6 is 0 Å². The third-order valence-corrected chi connectivity index (χ3v) is 7.71. The molecule has 0 atom stereocenters. The Labute approximate surface area is 207 Å². The van der Waals surface area contributed by atoms with E-state index in [4.69, 9.17) is 9.47 Å². The fourth-order valence-electron chi connectivity index (χ4n) is 5.59. The zero-order valence-corrected chi connectivity index (χ0v) is 20.2. The Morgan fingerprint density at radius 2 is 1.69 bits per heavy atom. The van der Waals surface area contributed by atoms with E-state index >= 15 is 0 Å². The lowest BCUT2D eigenvalue weighted by Crippen LogP contribution is -2.45. The zero-order chi connectivity index (χ0) is 24.1. The molecule has 5 rings (SSSR count). The SMILES string of the molecule is O=C(NCC1(c2ccc3c(c2)OCCO3)CCCC1)C1CCN(C(=O)/C=C/c2ccccc2)CC1. The van der Waals surface area contributed by atoms with Crippen molar-refractivity contribution < 1.29 is 19.1 Å². The van der Waals surface area contributed by atoms with Crippen molar-refractivity contribution in [1.82, 2.24) is 10.2 Å². The maximum atomic E-state index is 13.1. The number of likely N-dealkylation sites (tertiary alicyclic amines) is 1. The lowest BCUT2D eigenvalue weighted by Gasteiger charge is -2.34. The summed E-state index contributed by atoms with van der Waals surface area (Å²) >= 11 is 0. The van der Waals surface area contributed by atoms with Crippen molar-refractivity contribution >= 4 is 17.9 Å². The number of fused-ring (bicyclic) bond motifs is 1. The molecule has 0 spiro atoms. The monoisotopic (exact) mass is 474 g/mol. The first-order valence-electron chi connectivity index (χ1n) is 12.8. The molecule has 2 aromatic rings. The summed E-state index contributed by atoms with van der Waals surface area (Å²) in [6.07, 6.45) is 9.35. The molecular weight excluding hydrogens is 440 g/mol. The van der Waals surface area contributed by atoms with Crippen molar-refractivity contribution in [3.05, 3.63) is 65.7 Å². The van der Waals surface area contributed by atoms with Gasteiger partial charge in [-0.3, -0.25) is 9.59 Å². The number of nitrogens with zero attached hydrogens (tertiary/aromatic N) is 1. The van der Waals surface area contributed by atoms with Gasteiger partial charge >= 0.3 is 0 Å². The summed E-state index contributed by atoms with van der Waals surface area (Å²) < 4.78 is 11.5. The molecule has 2 fully saturated rings. The minimum absolute atomic E-state index is 0.0104. The van der Waals surface area contributed by atoms with Gasteiger partial charge in [0.15, 0.2) is 11.5 Å². The average molecular weight is 475 g/mol. The summed E-state index contributed by atoms with van der Waals surface area (Å²) in [7, 11) is 0. The van der Waals surface area contributed by atoms with E-state index < -0.39 is 0 Å². The minimum Gasteiger partial charge on any atom is -0.486 e. The van der Waals surface area contributed by atoms with Gasteiger partial charge in [-0.05, 0) is 55.0 Å². The Morgan fingerprint density at radius 1 is 0.971 bits per heavy atom. The maximum Gasteiger partial charge on any atom is 0.246 e. The number of rotatable bonds is 6. The predicted octanol–water partition coefficient (Wildman–Crippen LogP) is 4.34. The standard InChI is InChI=1S/C29H34N2O4/c32-27(11-8-22-6-2-1-3-7-22)31-16-12-23(13-17-31)28(33)30-21-29(14-4-5-15-29)24-9-10-25-26(20-24)35-19-18-34-25/h1-3,6-11,20,23H,4-5,12-19,21H2,(H,30,33)/b11-8+. The first-order chi connectivity index (χ1) is 17.1. The van der Waals surface area contributed by atoms with Crippen LogP contribution in [0.2, 0.25) is 0 Å². The van der Waals surface area contributed by atoms with Crippen LogP contribution in [0.1, 0.15) is 49.7 Å². The summed E-state index contributed by atoms with van der Waals surface area (Å²) in [5.74, 6) is 1.69. The van der Waals surface area contributed by atoms with Crippen LogP contribution in [-0.4, -0.2) is 49.6 Å². The third-order valence-electron chi connectivity index (χ3n) is 7.71. The first-order valence-corrected chi connectivity index (χ1v) is 12.8. The van der Waals surface area contributed by atoms with Gasteiger partial charge in [0.2, 0.25) is 11.8 Å². The summed E-state index contributed by atoms with van der Waals surface area (Å²) in [6, 6.07) is 16.1. The van der Waals surface area contributed by atoms with Crippen molar-refractivity contribution in [2.24, 2.45) is 5.92 Å². The molecule has 6 heteroatoms. The second-order valence-electron chi connectivity index (χ2n) is 9.91. The van der Waals surface area contributed by atoms with Gasteiger partial charge in [0, 0.05) is 37.0 Å². The highest BCUT2D eigenvalue weighted by molar-refractivity contribution is 5.92. The van der Waals surface area contributed by atoms with Crippen LogP contribution in [0.5, 0.6) is 11.5 Å². The van der Waals surface area contributed by atoms with Gasteiger partial charge < -0.3 is 19.7 Å². The molecule has 184 valence electrons. The van der Waals surface area contributed by atoms with Crippen LogP contribution in [0.4, 0.5) is 0 Å². The quantitative estimate of drug-likeness (QED) is 0.633. The zero-order valence-electron chi connectivity index (χ0n) is 20.2. The van der Waals surface area contributed by atoms with Gasteiger partial charge in [-0.15, -0.1) is 0 Å². The number of ether oxygens (including phenoxy) is 2. The topological polar surface area (TPSA) is 67.9 Å². The van der Waals surface area contributed by atoms with E-state index in [0.717, 1.165) is 29.9 Å². The molecule has 0 unspecified atom stereocenters. The van der Waals surface area contributed by atoms with Gasteiger partial charge in [-0.1, -0.05) is 49.2 Å². The Kier molecular flexibility index (Phi) is 7.07. The molecule has 1 N–H and O–H groups in total. The summed E-state index contributed by atoms with van der Waals surface area (Å²) in [5, 5.41) is 3.28. The number of hydrogen-bond donors (Lipinski definition) is 1. The van der Waals surface area contributed by atoms with E-state index in [9.17, 15) is 9.59 Å². The molecule has 2 heterocycles. The number of piperidine rings is 1. The van der Waals surface area contributed by atoms with Crippen molar-refractivity contribution in [1.29, 1.82) is 0 Å². The molecule has 2 aromatic carbocycles. The first kappa shape index (κ1) is 23.5. The molecule has 0 bridgehead atoms. The lowest BCUT2D eigenvalue weighted by atomic mass is 9.78. The van der Waals surface area contributed by atoms with E-state index in [-0.39, 0.29) is 23.1 Å². The van der Waals surface area contributed by atoms with Crippen LogP contribution in [0, 0.1) is 5.92 Å². The van der Waals surface area contributed by atoms with Gasteiger partial charge in [-0.25, -0.2) is 0 Å². The normalized spacial score (nSPS) is 19.6. The molecule has 0 aromatic heterocycles. The molecule has 1 saturated carbocycles. The molecule has 2 aliphatic heterocycles. The lowest BCUT2D eigenvalue weighted by molar-refractivity contribution is -0.132. The van der Waals surface area contributed by atoms with Crippen LogP contribution in [0.3, 0.4) is 0 Å². The van der Waals surface area contributed by atoms with Crippen molar-refractivity contribution in [2.45, 2.75) is 43.9 Å². The van der Waals surface area contributed by atoms with Crippen molar-refractivity contribution in [3.63, 3.8) is 0 Å². The summed E-state index contributed by atoms with van der Waals surface area (Å²) in [5.41, 5.74) is 2.18. The van der Waals surface area contributed by atoms with Crippen LogP contribution in [0.25, 0.3) is 6.08 Å². The highest BCUT2D eigenvalue weighted by atomic mass is 16.6. The number of amides is 2. The fraction of sp³-hybridized carbons (Fsp3) is 0.448. The van der Waals surface area contributed by atoms with E-state index in [2.05, 4.69) is 17.4 Å². The molecule has 6 nitrogen and oxygen atoms in total. The van der Waals surface area contributed by atoms with Crippen LogP contribution in [0.15, 0.2) is 54.6 Å². The van der Waals surface area contributed by atoms with E-state index in [1.807, 2.05) is 47.4 Å². The van der Waals surface area contributed by atoms with Crippen molar-refractivity contribution in [2.75, 3.05) is 32.8 Å². The molecule has 1 aliphatic carbocycles. The van der Waals surface area contributed by atoms with E-state index in [0.29, 0.717) is 45.7 Å². The Morgan fingerprint density at radius 3 is 2.43 bits per heavy atom. The molecular formula is C29H34N2O4. The second kappa shape index (κ2) is 10.5. The highest BCUT2D eigenvalue weighted by Gasteiger charge is 2.37. The largest absolute Gasteiger partial charge is 0.486 e. The minimum atomic E-state index is -0.0512. The fourth-order valence-corrected chi connectivity index (χ4v) is 5.59. The number of nitrogens with one attached hydrogen (secondary N) is 1. The van der Waals surface area contributed by atoms with Crippen LogP contribution in [-0.2, 0) is 15.0 Å². The molecule has 0 radical (unpaired) electrons. The van der Waals surface area contributed by atoms with Gasteiger partial charge in [0.1, 0.15) is 13.2 Å². The molecule has 35 heavy (non-hydrogen) atoms. The van der Waals surface area contributed by atoms with Gasteiger partial charge in [0.05, 0.1) is 0 Å². The number of benzene rings is 2. The second-order valence-corrected chi connectivity index (χ2v) is 9.91. The summed E-state index contributed by atoms with van der Waals surface area (Å²) in [4.78, 5) is 27.5. The molecule has 1 saturated heterocycles. The number of carbonyl (C=O) groups excluding carboxylic acids is 2. The number of hydrogen-bond acceptors (Lipinski definition) is 4. The molecule has 2 amide bonds. The van der Waals surface area contributed by atoms with Crippen molar-refractivity contribution in [3.8, 4) is 11.5 Å². The summed E-state index contributed by atoms with van der Waals surface area (Å²) in [6.45, 7) is 3.03. The van der Waals surface area contributed by atoms with Crippen LogP contribution < -0.4 is 14.8 Å².